The number of hydrogen-bond acceptors (Lipinski definition) is 27. The number of ether oxygens (including phenoxy) is 8. The van der Waals surface area contributed by atoms with Gasteiger partial charge in [-0.1, -0.05) is 55.4 Å². The molecule has 0 amide bonds. The highest BCUT2D eigenvalue weighted by Crippen LogP contribution is 2.43. The second-order valence-electron chi connectivity index (χ2n) is 16.8. The summed E-state index contributed by atoms with van der Waals surface area (Å²) in [5.41, 5.74) is 0. The van der Waals surface area contributed by atoms with Crippen LogP contribution in [0.25, 0.3) is 0 Å². The van der Waals surface area contributed by atoms with E-state index in [0.717, 1.165) is 0 Å². The molecule has 4 rings (SSSR count). The van der Waals surface area contributed by atoms with Crippen LogP contribution >= 0.6 is 0 Å². The first kappa shape index (κ1) is 57.6. The molecule has 20 atom stereocenters. The van der Waals surface area contributed by atoms with Crippen LogP contribution in [0.2, 0.25) is 0 Å². The molecule has 0 aliphatic carbocycles. The van der Waals surface area contributed by atoms with Gasteiger partial charge in [-0.2, -0.15) is 8.42 Å². The van der Waals surface area contributed by atoms with Crippen LogP contribution in [-0.4, -0.2) is 172 Å². The highest BCUT2D eigenvalue weighted by atomic mass is 32.3. The van der Waals surface area contributed by atoms with Gasteiger partial charge < -0.3 is 56.1 Å². The molecule has 0 aromatic rings. The van der Waals surface area contributed by atoms with E-state index in [2.05, 4.69) is 16.7 Å². The minimum Gasteiger partial charge on any atom is -0.726 e. The molecule has 0 aromatic heterocycles. The second kappa shape index (κ2) is 22.6. The molecular formula is C33H56O28S5-4. The molecule has 0 radical (unpaired) electrons. The Bertz CT molecular complexity index is 2160. The van der Waals surface area contributed by atoms with Gasteiger partial charge in [-0.15, -0.1) is 0 Å². The maximum absolute atomic E-state index is 11.7. The van der Waals surface area contributed by atoms with Crippen molar-refractivity contribution < 1.29 is 124 Å². The molecule has 1 N–H and O–H groups in total. The summed E-state index contributed by atoms with van der Waals surface area (Å²) in [6, 6.07) is 0. The molecule has 390 valence electrons. The van der Waals surface area contributed by atoms with Crippen LogP contribution in [0.4, 0.5) is 0 Å². The quantitative estimate of drug-likeness (QED) is 0.105. The molecule has 4 heterocycles. The first-order valence-corrected chi connectivity index (χ1v) is 27.0. The summed E-state index contributed by atoms with van der Waals surface area (Å²) in [4.78, 5) is 0. The highest BCUT2D eigenvalue weighted by Gasteiger charge is 2.53. The van der Waals surface area contributed by atoms with Crippen molar-refractivity contribution >= 4 is 52.0 Å². The summed E-state index contributed by atoms with van der Waals surface area (Å²) in [6.45, 7) is 9.11. The smallest absolute Gasteiger partial charge is 0.397 e. The molecule has 33 heteroatoms. The van der Waals surface area contributed by atoms with E-state index in [0.29, 0.717) is 0 Å². The molecule has 12 unspecified atom stereocenters. The summed E-state index contributed by atoms with van der Waals surface area (Å²) >= 11 is 0. The third kappa shape index (κ3) is 16.3. The van der Waals surface area contributed by atoms with E-state index in [1.54, 1.807) is 41.5 Å². The predicted molar refractivity (Wildman–Crippen MR) is 209 cm³/mol. The van der Waals surface area contributed by atoms with Crippen molar-refractivity contribution in [2.75, 3.05) is 33.5 Å². The van der Waals surface area contributed by atoms with E-state index < -0.39 is 194 Å². The van der Waals surface area contributed by atoms with Crippen molar-refractivity contribution in [2.24, 2.45) is 47.3 Å². The highest BCUT2D eigenvalue weighted by molar-refractivity contribution is 7.81. The lowest BCUT2D eigenvalue weighted by Gasteiger charge is -2.51. The van der Waals surface area contributed by atoms with Crippen LogP contribution in [0.1, 0.15) is 55.4 Å². The Labute approximate surface area is 384 Å². The van der Waals surface area contributed by atoms with Gasteiger partial charge in [-0.3, -0.25) is 21.3 Å². The maximum Gasteiger partial charge on any atom is 0.397 e. The van der Waals surface area contributed by atoms with Crippen LogP contribution < -0.4 is 0 Å². The molecule has 4 saturated heterocycles. The first-order chi connectivity index (χ1) is 30.1. The van der Waals surface area contributed by atoms with E-state index in [1.165, 1.54) is 21.0 Å². The van der Waals surface area contributed by atoms with Gasteiger partial charge in [0.1, 0.15) is 30.5 Å². The van der Waals surface area contributed by atoms with E-state index in [-0.39, 0.29) is 5.92 Å². The van der Waals surface area contributed by atoms with Crippen molar-refractivity contribution in [3.8, 4) is 0 Å². The number of methoxy groups -OCH3 is 1. The summed E-state index contributed by atoms with van der Waals surface area (Å²) in [5, 5.41) is 0. The Hall–Kier alpha value is -0.970. The van der Waals surface area contributed by atoms with Gasteiger partial charge in [0, 0.05) is 30.8 Å². The van der Waals surface area contributed by atoms with E-state index in [4.69, 9.17) is 42.1 Å². The fourth-order valence-corrected chi connectivity index (χ4v) is 10.1. The van der Waals surface area contributed by atoms with Crippen molar-refractivity contribution in [2.45, 2.75) is 129 Å². The van der Waals surface area contributed by atoms with E-state index >= 15 is 0 Å². The van der Waals surface area contributed by atoms with Gasteiger partial charge >= 0.3 is 10.4 Å². The molecule has 0 aromatic carbocycles. The van der Waals surface area contributed by atoms with Crippen LogP contribution in [0.3, 0.4) is 0 Å². The molecule has 0 saturated carbocycles. The van der Waals surface area contributed by atoms with Gasteiger partial charge in [0.15, 0.2) is 25.2 Å². The first-order valence-electron chi connectivity index (χ1n) is 20.3. The Morgan fingerprint density at radius 1 is 0.394 bits per heavy atom. The molecule has 0 spiro atoms. The fraction of sp³-hybridized carbons (Fsp3) is 1.00. The van der Waals surface area contributed by atoms with Crippen molar-refractivity contribution in [1.82, 2.24) is 0 Å². The van der Waals surface area contributed by atoms with Gasteiger partial charge in [-0.05, 0) is 23.7 Å². The lowest BCUT2D eigenvalue weighted by atomic mass is 9.81. The topological polar surface area (TPSA) is 403 Å². The zero-order valence-electron chi connectivity index (χ0n) is 36.9. The summed E-state index contributed by atoms with van der Waals surface area (Å²) in [6.07, 6.45) is -16.0. The minimum absolute atomic E-state index is 0.379. The molecule has 28 nitrogen and oxygen atoms in total. The van der Waals surface area contributed by atoms with Crippen LogP contribution in [0.15, 0.2) is 0 Å². The second-order valence-corrected chi connectivity index (χ2v) is 22.1. The summed E-state index contributed by atoms with van der Waals surface area (Å²) < 4.78 is 242. The molecule has 0 bridgehead atoms. The maximum atomic E-state index is 11.7. The van der Waals surface area contributed by atoms with Gasteiger partial charge in [0.2, 0.25) is 41.6 Å². The summed E-state index contributed by atoms with van der Waals surface area (Å²) in [5.74, 6) is -5.63. The minimum atomic E-state index is -5.39. The van der Waals surface area contributed by atoms with Crippen molar-refractivity contribution in [3.63, 3.8) is 0 Å². The zero-order chi connectivity index (χ0) is 50.1. The SMILES string of the molecule is CO[C@H]1OC(COS(=O)(=O)[O-])[C@@H](O[C@H]2OC(COS(=O)(=O)[O-])[C@@H](O[C@H]3OC(COS(=O)(=O)[O-])[C@@H](O[C@H]4OC(COS(=O)(=O)[O-])[C@@H](OS(=O)(=O)O)C(C)C4C)C(C)C3C)C(C)C2C)C(C)C1C. The predicted octanol–water partition coefficient (Wildman–Crippen LogP) is -1.13. The average molecular weight is 1060 g/mol. The number of hydrogen-bond donors (Lipinski definition) is 1. The Morgan fingerprint density at radius 3 is 0.864 bits per heavy atom. The van der Waals surface area contributed by atoms with Crippen LogP contribution in [0, 0.1) is 47.3 Å². The standard InChI is InChI=1S/C33H60O28S5/c1-14-18(5)30(49-9)54-22(10-50-62(34,35)36)26(14)58-31-19(6)15(2)27(23(55-31)11-51-63(37,38)39)59-32-20(7)16(3)28(24(56-32)12-52-64(40,41)42)60-33-21(8)17(4)29(61-66(46,47)48)25(57-33)13-53-65(43,44)45/h14-33H,10-13H2,1-9H3,(H,34,35,36)(H,37,38,39)(H,40,41,42)(H,43,44,45)(H,46,47,48)/p-4/t14?,15?,16?,17?,18?,19?,20?,21?,22?,23?,24?,25?,26-,27-,28-,29-,30-,31+,32+,33+/m0/s1. The van der Waals surface area contributed by atoms with Crippen molar-refractivity contribution in [3.05, 3.63) is 0 Å². The van der Waals surface area contributed by atoms with Crippen LogP contribution in [-0.2, 0) is 111 Å². The fourth-order valence-electron chi connectivity index (χ4n) is 8.30. The zero-order valence-corrected chi connectivity index (χ0v) is 41.0. The largest absolute Gasteiger partial charge is 0.726 e. The monoisotopic (exact) mass is 1060 g/mol. The lowest BCUT2D eigenvalue weighted by molar-refractivity contribution is -0.361. The van der Waals surface area contributed by atoms with Crippen molar-refractivity contribution in [1.29, 1.82) is 0 Å². The Morgan fingerprint density at radius 2 is 0.621 bits per heavy atom. The Kier molecular flexibility index (Phi) is 19.7. The molecule has 4 aliphatic rings. The van der Waals surface area contributed by atoms with E-state index in [1.807, 2.05) is 0 Å². The van der Waals surface area contributed by atoms with Gasteiger partial charge in [0.25, 0.3) is 0 Å². The molecule has 66 heavy (non-hydrogen) atoms. The van der Waals surface area contributed by atoms with E-state index in [9.17, 15) is 64.9 Å². The average Bonchev–Trinajstić information content (AvgIpc) is 3.17. The Balaban J connectivity index is 1.62. The number of rotatable bonds is 21. The third-order valence-corrected chi connectivity index (χ3v) is 14.8. The van der Waals surface area contributed by atoms with Gasteiger partial charge in [0.05, 0.1) is 44.7 Å². The summed E-state index contributed by atoms with van der Waals surface area (Å²) in [7, 11) is -25.1. The molecule has 4 fully saturated rings. The lowest BCUT2D eigenvalue weighted by Crippen LogP contribution is -2.61. The third-order valence-electron chi connectivity index (χ3n) is 12.7. The normalized spacial score (nSPS) is 41.1. The van der Waals surface area contributed by atoms with Crippen LogP contribution in [0.5, 0.6) is 0 Å². The molecular weight excluding hydrogens is 1000 g/mol. The van der Waals surface area contributed by atoms with Gasteiger partial charge in [-0.25, -0.2) is 37.9 Å². The molecule has 4 aliphatic heterocycles.